The summed E-state index contributed by atoms with van der Waals surface area (Å²) < 4.78 is 0. The van der Waals surface area contributed by atoms with E-state index in [9.17, 15) is 4.79 Å². The lowest BCUT2D eigenvalue weighted by atomic mass is 9.94. The summed E-state index contributed by atoms with van der Waals surface area (Å²) in [6.45, 7) is 3.83. The lowest BCUT2D eigenvalue weighted by Crippen LogP contribution is -2.43. The first-order chi connectivity index (χ1) is 11.3. The van der Waals surface area contributed by atoms with Gasteiger partial charge in [-0.05, 0) is 36.5 Å². The van der Waals surface area contributed by atoms with Crippen molar-refractivity contribution in [1.29, 1.82) is 0 Å². The summed E-state index contributed by atoms with van der Waals surface area (Å²) >= 11 is 0. The molecule has 4 heteroatoms. The second-order valence-electron chi connectivity index (χ2n) is 6.81. The van der Waals surface area contributed by atoms with E-state index in [1.165, 1.54) is 18.4 Å². The first-order valence-corrected chi connectivity index (χ1v) is 8.50. The molecule has 2 bridgehead atoms. The highest BCUT2D eigenvalue weighted by atomic mass is 16.2. The molecule has 3 aliphatic heterocycles. The zero-order valence-electron chi connectivity index (χ0n) is 13.3. The van der Waals surface area contributed by atoms with Crippen LogP contribution in [0.2, 0.25) is 0 Å². The first-order valence-electron chi connectivity index (χ1n) is 8.50. The average molecular weight is 309 g/mol. The monoisotopic (exact) mass is 309 g/mol. The minimum absolute atomic E-state index is 0.147. The van der Waals surface area contributed by atoms with Crippen molar-refractivity contribution in [1.82, 2.24) is 14.8 Å². The van der Waals surface area contributed by atoms with E-state index >= 15 is 0 Å². The molecule has 3 fully saturated rings. The molecule has 3 aliphatic rings. The van der Waals surface area contributed by atoms with E-state index in [0.717, 1.165) is 26.2 Å². The molecule has 5 rings (SSSR count). The molecule has 4 heterocycles. The Labute approximate surface area is 137 Å². The molecule has 3 saturated heterocycles. The number of carbonyl (C=O) groups excluding carboxylic acids is 1. The Morgan fingerprint density at radius 2 is 1.91 bits per heavy atom. The number of carbonyl (C=O) groups is 1. The number of aromatic nitrogens is 1. The largest absolute Gasteiger partial charge is 0.357 e. The third kappa shape index (κ3) is 3.04. The van der Waals surface area contributed by atoms with Gasteiger partial charge in [-0.25, -0.2) is 0 Å². The quantitative estimate of drug-likeness (QED) is 0.947. The van der Waals surface area contributed by atoms with Crippen molar-refractivity contribution < 1.29 is 4.79 Å². The molecule has 1 aromatic heterocycles. The maximum atomic E-state index is 12.7. The van der Waals surface area contributed by atoms with Crippen LogP contribution >= 0.6 is 0 Å². The van der Waals surface area contributed by atoms with Crippen molar-refractivity contribution in [2.45, 2.75) is 25.4 Å². The van der Waals surface area contributed by atoms with Gasteiger partial charge in [0.05, 0.1) is 0 Å². The van der Waals surface area contributed by atoms with Crippen LogP contribution in [0.1, 0.15) is 28.9 Å². The number of benzene rings is 1. The van der Waals surface area contributed by atoms with Gasteiger partial charge in [0.25, 0.3) is 5.91 Å². The van der Waals surface area contributed by atoms with Gasteiger partial charge in [0.2, 0.25) is 0 Å². The molecule has 0 radical (unpaired) electrons. The van der Waals surface area contributed by atoms with Crippen LogP contribution in [0.25, 0.3) is 0 Å². The Morgan fingerprint density at radius 1 is 1.04 bits per heavy atom. The smallest absolute Gasteiger partial charge is 0.270 e. The minimum Gasteiger partial charge on any atom is -0.357 e. The minimum atomic E-state index is 0.147. The molecular formula is C19H23N3O. The topological polar surface area (TPSA) is 39.3 Å². The first kappa shape index (κ1) is 14.5. The van der Waals surface area contributed by atoms with Crippen LogP contribution in [0.5, 0.6) is 0 Å². The van der Waals surface area contributed by atoms with Crippen molar-refractivity contribution in [3.63, 3.8) is 0 Å². The van der Waals surface area contributed by atoms with E-state index < -0.39 is 0 Å². The van der Waals surface area contributed by atoms with Crippen molar-refractivity contribution in [3.8, 4) is 0 Å². The Balaban J connectivity index is 1.49. The summed E-state index contributed by atoms with van der Waals surface area (Å²) in [7, 11) is 0. The van der Waals surface area contributed by atoms with E-state index in [4.69, 9.17) is 0 Å². The van der Waals surface area contributed by atoms with E-state index in [1.54, 1.807) is 0 Å². The maximum absolute atomic E-state index is 12.7. The number of amides is 1. The van der Waals surface area contributed by atoms with E-state index in [2.05, 4.69) is 45.1 Å². The van der Waals surface area contributed by atoms with Gasteiger partial charge in [-0.1, -0.05) is 30.3 Å². The molecule has 1 aromatic carbocycles. The highest BCUT2D eigenvalue weighted by molar-refractivity contribution is 5.92. The fraction of sp³-hybridized carbons (Fsp3) is 0.421. The fourth-order valence-electron chi connectivity index (χ4n) is 3.99. The highest BCUT2D eigenvalue weighted by Gasteiger charge is 2.36. The number of hydrogen-bond donors (Lipinski definition) is 1. The number of nitrogens with one attached hydrogen (secondary N) is 1. The number of H-pyrrole nitrogens is 1. The zero-order valence-corrected chi connectivity index (χ0v) is 13.3. The van der Waals surface area contributed by atoms with Gasteiger partial charge >= 0.3 is 0 Å². The van der Waals surface area contributed by atoms with Crippen LogP contribution in [-0.4, -0.2) is 46.4 Å². The SMILES string of the molecule is O=C(c1ccc[nH]1)N1C[C@@H]2CC[C@H](C1)N(Cc1ccccc1)C2. The van der Waals surface area contributed by atoms with Crippen LogP contribution < -0.4 is 0 Å². The Hall–Kier alpha value is -2.07. The Morgan fingerprint density at radius 3 is 2.70 bits per heavy atom. The average Bonchev–Trinajstić information content (AvgIpc) is 2.97. The van der Waals surface area contributed by atoms with Crippen molar-refractivity contribution in [2.24, 2.45) is 5.92 Å². The molecule has 0 spiro atoms. The zero-order chi connectivity index (χ0) is 15.6. The van der Waals surface area contributed by atoms with Gasteiger partial charge in [0.15, 0.2) is 0 Å². The summed E-state index contributed by atoms with van der Waals surface area (Å²) in [4.78, 5) is 20.4. The van der Waals surface area contributed by atoms with Crippen molar-refractivity contribution in [2.75, 3.05) is 19.6 Å². The molecule has 1 N–H and O–H groups in total. The van der Waals surface area contributed by atoms with Crippen LogP contribution in [0.3, 0.4) is 0 Å². The maximum Gasteiger partial charge on any atom is 0.270 e. The molecular weight excluding hydrogens is 286 g/mol. The van der Waals surface area contributed by atoms with Crippen LogP contribution in [0, 0.1) is 5.92 Å². The van der Waals surface area contributed by atoms with Crippen LogP contribution in [-0.2, 0) is 6.54 Å². The summed E-state index contributed by atoms with van der Waals surface area (Å²) in [5, 5.41) is 0. The van der Waals surface area contributed by atoms with E-state index in [-0.39, 0.29) is 5.91 Å². The molecule has 23 heavy (non-hydrogen) atoms. The molecule has 4 nitrogen and oxygen atoms in total. The molecule has 0 aliphatic carbocycles. The van der Waals surface area contributed by atoms with Gasteiger partial charge in [-0.15, -0.1) is 0 Å². The number of fused-ring (bicyclic) bond motifs is 4. The van der Waals surface area contributed by atoms with Gasteiger partial charge in [-0.3, -0.25) is 9.69 Å². The normalized spacial score (nSPS) is 24.6. The molecule has 1 amide bonds. The number of rotatable bonds is 3. The predicted octanol–water partition coefficient (Wildman–Crippen LogP) is 2.75. The fourth-order valence-corrected chi connectivity index (χ4v) is 3.99. The summed E-state index contributed by atoms with van der Waals surface area (Å²) in [6.07, 6.45) is 4.26. The third-order valence-corrected chi connectivity index (χ3v) is 5.17. The lowest BCUT2D eigenvalue weighted by Gasteiger charge is -2.36. The van der Waals surface area contributed by atoms with Gasteiger partial charge in [0, 0.05) is 38.4 Å². The summed E-state index contributed by atoms with van der Waals surface area (Å²) in [5.41, 5.74) is 2.07. The molecule has 0 unspecified atom stereocenters. The van der Waals surface area contributed by atoms with Crippen molar-refractivity contribution >= 4 is 5.91 Å². The molecule has 0 saturated carbocycles. The lowest BCUT2D eigenvalue weighted by molar-refractivity contribution is 0.0731. The van der Waals surface area contributed by atoms with Gasteiger partial charge in [-0.2, -0.15) is 0 Å². The highest BCUT2D eigenvalue weighted by Crippen LogP contribution is 2.29. The number of piperidine rings is 1. The van der Waals surface area contributed by atoms with E-state index in [0.29, 0.717) is 17.7 Å². The van der Waals surface area contributed by atoms with Gasteiger partial charge in [0.1, 0.15) is 5.69 Å². The predicted molar refractivity (Wildman–Crippen MR) is 90.1 cm³/mol. The second kappa shape index (κ2) is 6.20. The molecule has 2 atom stereocenters. The van der Waals surface area contributed by atoms with Crippen molar-refractivity contribution in [3.05, 3.63) is 59.9 Å². The second-order valence-corrected chi connectivity index (χ2v) is 6.81. The number of hydrogen-bond acceptors (Lipinski definition) is 2. The number of aromatic amines is 1. The molecule has 120 valence electrons. The molecule has 2 aromatic rings. The standard InChI is InChI=1S/C19H23N3O/c23-19(18-7-4-10-20-18)22-13-16-8-9-17(14-22)21(12-16)11-15-5-2-1-3-6-15/h1-7,10,16-17,20H,8-9,11-14H2/t16-,17-/m1/s1. The summed E-state index contributed by atoms with van der Waals surface area (Å²) in [5.74, 6) is 0.741. The van der Waals surface area contributed by atoms with Crippen LogP contribution in [0.15, 0.2) is 48.7 Å². The van der Waals surface area contributed by atoms with Crippen LogP contribution in [0.4, 0.5) is 0 Å². The Bertz CT molecular complexity index is 653. The summed E-state index contributed by atoms with van der Waals surface area (Å²) in [6, 6.07) is 14.9. The third-order valence-electron chi connectivity index (χ3n) is 5.17. The van der Waals surface area contributed by atoms with Gasteiger partial charge < -0.3 is 9.88 Å². The number of nitrogens with zero attached hydrogens (tertiary/aromatic N) is 2. The Kier molecular flexibility index (Phi) is 3.92. The van der Waals surface area contributed by atoms with E-state index in [1.807, 2.05) is 18.3 Å².